The second kappa shape index (κ2) is 15.6. The van der Waals surface area contributed by atoms with Crippen molar-refractivity contribution in [1.82, 2.24) is 19.8 Å². The van der Waals surface area contributed by atoms with E-state index in [9.17, 15) is 23.6 Å². The Bertz CT molecular complexity index is 1720. The zero-order valence-corrected chi connectivity index (χ0v) is 27.7. The van der Waals surface area contributed by atoms with Gasteiger partial charge >= 0.3 is 6.09 Å². The highest BCUT2D eigenvalue weighted by Crippen LogP contribution is 2.34. The van der Waals surface area contributed by atoms with E-state index < -0.39 is 29.4 Å². The molecule has 2 amide bonds. The van der Waals surface area contributed by atoms with Crippen LogP contribution in [0.15, 0.2) is 66.7 Å². The van der Waals surface area contributed by atoms with Crippen molar-refractivity contribution >= 4 is 54.3 Å². The number of anilines is 2. The molecule has 2 heterocycles. The molecule has 5 rings (SSSR count). The number of ether oxygens (including phenoxy) is 1. The molecule has 0 unspecified atom stereocenters. The van der Waals surface area contributed by atoms with Gasteiger partial charge in [-0.15, -0.1) is 0 Å². The fourth-order valence-corrected chi connectivity index (χ4v) is 5.16. The summed E-state index contributed by atoms with van der Waals surface area (Å²) >= 11 is 5.88. The average molecular weight is 692 g/mol. The van der Waals surface area contributed by atoms with Crippen LogP contribution >= 0.6 is 25.1 Å². The number of halogens is 3. The molecule has 0 spiro atoms. The van der Waals surface area contributed by atoms with E-state index in [0.29, 0.717) is 40.8 Å². The molecule has 0 bridgehead atoms. The lowest BCUT2D eigenvalue weighted by Gasteiger charge is -2.32. The normalized spacial score (nSPS) is 13.0. The fourth-order valence-electron chi connectivity index (χ4n) is 5.04. The van der Waals surface area contributed by atoms with E-state index in [0.717, 1.165) is 11.0 Å². The summed E-state index contributed by atoms with van der Waals surface area (Å²) in [5, 5.41) is 15.2. The van der Waals surface area contributed by atoms with E-state index in [1.165, 1.54) is 24.3 Å². The Morgan fingerprint density at radius 3 is 2.45 bits per heavy atom. The zero-order valence-electron chi connectivity index (χ0n) is 26.0. The minimum atomic E-state index is -0.956. The third kappa shape index (κ3) is 9.20. The number of carbonyl (C=O) groups is 2. The molecule has 4 aromatic rings. The predicted octanol–water partition coefficient (Wildman–Crippen LogP) is 4.58. The van der Waals surface area contributed by atoms with Crippen molar-refractivity contribution in [3.05, 3.63) is 94.8 Å². The first-order valence-electron chi connectivity index (χ1n) is 14.3. The van der Waals surface area contributed by atoms with Gasteiger partial charge in [0.05, 0.1) is 11.6 Å². The zero-order chi connectivity index (χ0) is 32.3. The van der Waals surface area contributed by atoms with Crippen LogP contribution < -0.4 is 16.1 Å². The first kappa shape index (κ1) is 37.2. The molecule has 7 N–H and O–H groups in total. The Balaban J connectivity index is 0.00000300. The highest BCUT2D eigenvalue weighted by atomic mass is 35.5. The van der Waals surface area contributed by atoms with Gasteiger partial charge in [-0.05, 0) is 56.7 Å². The molecular weight excluding hydrogens is 654 g/mol. The molecule has 47 heavy (non-hydrogen) atoms. The summed E-state index contributed by atoms with van der Waals surface area (Å²) in [6.07, 6.45) is -0.548. The number of fused-ring (bicyclic) bond motifs is 1. The smallest absolute Gasteiger partial charge is 0.408 e. The number of quaternary nitrogens is 1. The van der Waals surface area contributed by atoms with E-state index >= 15 is 0 Å². The van der Waals surface area contributed by atoms with E-state index in [-0.39, 0.29) is 49.4 Å². The van der Waals surface area contributed by atoms with Crippen LogP contribution in [0.3, 0.4) is 0 Å². The lowest BCUT2D eigenvalue weighted by Crippen LogP contribution is -2.73. The van der Waals surface area contributed by atoms with Crippen LogP contribution in [0.2, 0.25) is 5.02 Å². The Morgan fingerprint density at radius 1 is 1.09 bits per heavy atom. The summed E-state index contributed by atoms with van der Waals surface area (Å²) in [6, 6.07) is 16.3. The minimum Gasteiger partial charge on any atom is -0.444 e. The van der Waals surface area contributed by atoms with E-state index in [2.05, 4.69) is 10.6 Å². The number of nitrogens with zero attached hydrogens (tertiary/aromatic N) is 3. The number of nitrogens with two attached hydrogens (primary N) is 1. The maximum Gasteiger partial charge on any atom is 0.408 e. The van der Waals surface area contributed by atoms with Gasteiger partial charge in [0.1, 0.15) is 40.6 Å². The fraction of sp³-hybridized carbons (Fsp3) is 0.281. The Hall–Kier alpha value is -4.21. The molecule has 0 saturated carbocycles. The van der Waals surface area contributed by atoms with Gasteiger partial charge in [0.25, 0.3) is 0 Å². The molecule has 1 aliphatic heterocycles. The van der Waals surface area contributed by atoms with Crippen molar-refractivity contribution in [2.45, 2.75) is 51.9 Å². The summed E-state index contributed by atoms with van der Waals surface area (Å²) in [6.45, 7) is 5.90. The summed E-state index contributed by atoms with van der Waals surface area (Å²) in [5.74, 6) is -0.357. The first-order chi connectivity index (χ1) is 21.4. The van der Waals surface area contributed by atoms with Gasteiger partial charge in [0, 0.05) is 42.9 Å². The van der Waals surface area contributed by atoms with Gasteiger partial charge in [-0.3, -0.25) is 4.79 Å². The van der Waals surface area contributed by atoms with Crippen molar-refractivity contribution < 1.29 is 39.3 Å². The monoisotopic (exact) mass is 691 g/mol. The summed E-state index contributed by atoms with van der Waals surface area (Å²) in [4.78, 5) is 33.1. The summed E-state index contributed by atoms with van der Waals surface area (Å²) in [7, 11) is 0. The SMILES string of the molecule is CC(C)(C)OC(=O)N[C@@H](Cc1ccc([NH2+]O)cc1)C(=O)N1CCn2c(nc(-c3cccc(F)c3)c2Nc2ccc(Cl)c(F)c2)C1.O.S. The number of imidazole rings is 1. The van der Waals surface area contributed by atoms with E-state index in [1.807, 2.05) is 4.57 Å². The topological polar surface area (TPSA) is 157 Å². The van der Waals surface area contributed by atoms with Gasteiger partial charge in [0.2, 0.25) is 5.91 Å². The van der Waals surface area contributed by atoms with Crippen LogP contribution in [-0.4, -0.2) is 55.3 Å². The predicted molar refractivity (Wildman–Crippen MR) is 178 cm³/mol. The summed E-state index contributed by atoms with van der Waals surface area (Å²) in [5.41, 5.74) is 2.93. The number of nitrogens with one attached hydrogen (secondary N) is 2. The molecule has 1 atom stereocenters. The van der Waals surface area contributed by atoms with Crippen molar-refractivity contribution in [2.75, 3.05) is 11.9 Å². The Morgan fingerprint density at radius 2 is 1.81 bits per heavy atom. The number of amides is 2. The van der Waals surface area contributed by atoms with Crippen LogP contribution in [0.5, 0.6) is 0 Å². The molecule has 1 aliphatic rings. The van der Waals surface area contributed by atoms with Gasteiger partial charge in [-0.2, -0.15) is 19.0 Å². The molecule has 11 nitrogen and oxygen atoms in total. The lowest BCUT2D eigenvalue weighted by molar-refractivity contribution is -0.825. The third-order valence-corrected chi connectivity index (χ3v) is 7.43. The van der Waals surface area contributed by atoms with E-state index in [4.69, 9.17) is 21.3 Å². The number of hydrogen-bond donors (Lipinski definition) is 4. The number of alkyl carbamates (subject to hydrolysis) is 1. The van der Waals surface area contributed by atoms with Crippen LogP contribution in [0.4, 0.5) is 30.8 Å². The van der Waals surface area contributed by atoms with Crippen molar-refractivity contribution in [3.8, 4) is 11.3 Å². The first-order valence-corrected chi connectivity index (χ1v) is 14.7. The molecule has 0 saturated heterocycles. The standard InChI is InChI=1S/C32H33ClF2N6O4.H2O.H2S/c1-32(2,3)45-31(43)37-26(15-19-7-9-22(39-44)10-8-19)30(42)40-13-14-41-27(18-40)38-28(20-5-4-6-21(34)16-20)29(41)36-23-11-12-24(33)25(35)17-23;;/h4-12,16-17,26,36,39,44H,13-15,18H2,1-3H3,(H,37,43);2*1H2/p+1/t26-;;/m0../s1. The maximum absolute atomic E-state index is 14.3. The van der Waals surface area contributed by atoms with Crippen LogP contribution in [0.1, 0.15) is 32.2 Å². The second-order valence-electron chi connectivity index (χ2n) is 11.7. The van der Waals surface area contributed by atoms with Crippen molar-refractivity contribution in [1.29, 1.82) is 0 Å². The Labute approximate surface area is 282 Å². The average Bonchev–Trinajstić information content (AvgIpc) is 3.35. The van der Waals surface area contributed by atoms with Gasteiger partial charge < -0.3 is 30.3 Å². The molecule has 0 aliphatic carbocycles. The van der Waals surface area contributed by atoms with E-state index in [1.54, 1.807) is 68.1 Å². The van der Waals surface area contributed by atoms with Crippen molar-refractivity contribution in [3.63, 3.8) is 0 Å². The largest absolute Gasteiger partial charge is 0.444 e. The lowest BCUT2D eigenvalue weighted by atomic mass is 10.0. The molecule has 15 heteroatoms. The number of benzene rings is 3. The highest BCUT2D eigenvalue weighted by Gasteiger charge is 2.33. The highest BCUT2D eigenvalue weighted by molar-refractivity contribution is 7.59. The van der Waals surface area contributed by atoms with Gasteiger partial charge in [-0.25, -0.2) is 23.8 Å². The molecule has 0 radical (unpaired) electrons. The maximum atomic E-state index is 14.3. The number of rotatable bonds is 8. The molecule has 3 aromatic carbocycles. The minimum absolute atomic E-state index is 0. The Kier molecular flexibility index (Phi) is 12.4. The van der Waals surface area contributed by atoms with Crippen LogP contribution in [-0.2, 0) is 29.0 Å². The number of hydrogen-bond acceptors (Lipinski definition) is 6. The number of carbonyl (C=O) groups excluding carboxylic acids is 2. The van der Waals surface area contributed by atoms with Gasteiger partial charge in [0.15, 0.2) is 5.69 Å². The second-order valence-corrected chi connectivity index (χ2v) is 12.1. The van der Waals surface area contributed by atoms with Crippen LogP contribution in [0, 0.1) is 11.6 Å². The summed E-state index contributed by atoms with van der Waals surface area (Å²) < 4.78 is 35.8. The van der Waals surface area contributed by atoms with Crippen LogP contribution in [0.25, 0.3) is 11.3 Å². The molecule has 1 aromatic heterocycles. The number of aromatic nitrogens is 2. The van der Waals surface area contributed by atoms with Crippen molar-refractivity contribution in [2.24, 2.45) is 0 Å². The van der Waals surface area contributed by atoms with Gasteiger partial charge in [-0.1, -0.05) is 35.9 Å². The molecule has 0 fully saturated rings. The molecule has 252 valence electrons. The quantitative estimate of drug-likeness (QED) is 0.157. The third-order valence-electron chi connectivity index (χ3n) is 7.12. The molecular formula is C32H38ClF2N6O5S+.